The molecule has 0 radical (unpaired) electrons. The number of nitriles is 1. The summed E-state index contributed by atoms with van der Waals surface area (Å²) in [6.07, 6.45) is 21.3. The molecule has 3 heterocycles. The first kappa shape index (κ1) is 41.0. The second kappa shape index (κ2) is 22.3. The van der Waals surface area contributed by atoms with E-state index in [-0.39, 0.29) is 5.57 Å². The van der Waals surface area contributed by atoms with Crippen molar-refractivity contribution in [1.29, 1.82) is 5.26 Å². The van der Waals surface area contributed by atoms with E-state index in [9.17, 15) is 10.1 Å². The van der Waals surface area contributed by atoms with Crippen LogP contribution >= 0.6 is 38.6 Å². The van der Waals surface area contributed by atoms with Crippen molar-refractivity contribution in [3.05, 3.63) is 50.6 Å². The number of unbranched alkanes of at least 4 members (excludes halogenated alkanes) is 9. The van der Waals surface area contributed by atoms with Crippen molar-refractivity contribution in [2.45, 2.75) is 137 Å². The minimum Gasteiger partial charge on any atom is -0.461 e. The van der Waals surface area contributed by atoms with E-state index in [0.29, 0.717) is 18.4 Å². The van der Waals surface area contributed by atoms with Crippen LogP contribution in [0.1, 0.15) is 135 Å². The van der Waals surface area contributed by atoms with Crippen molar-refractivity contribution in [2.24, 2.45) is 11.8 Å². The fourth-order valence-corrected chi connectivity index (χ4v) is 9.02. The highest BCUT2D eigenvalue weighted by atomic mass is 79.9. The van der Waals surface area contributed by atoms with Gasteiger partial charge < -0.3 is 4.74 Å². The molecule has 2 unspecified atom stereocenters. The van der Waals surface area contributed by atoms with E-state index in [4.69, 9.17) is 14.9 Å². The number of rotatable bonds is 24. The lowest BCUT2D eigenvalue weighted by atomic mass is 9.94. The molecule has 0 bridgehead atoms. The van der Waals surface area contributed by atoms with Gasteiger partial charge in [-0.15, -0.1) is 22.7 Å². The highest BCUT2D eigenvalue weighted by Gasteiger charge is 2.20. The number of carbonyl (C=O) groups is 1. The van der Waals surface area contributed by atoms with Crippen LogP contribution in [0.25, 0.3) is 38.0 Å². The van der Waals surface area contributed by atoms with Crippen molar-refractivity contribution in [2.75, 3.05) is 6.61 Å². The molecule has 2 atom stereocenters. The third kappa shape index (κ3) is 12.7. The Morgan fingerprint density at radius 3 is 1.94 bits per heavy atom. The smallest absolute Gasteiger partial charge is 0.348 e. The predicted molar refractivity (Wildman–Crippen MR) is 220 cm³/mol. The number of fused-ring (bicyclic) bond motifs is 1. The summed E-state index contributed by atoms with van der Waals surface area (Å²) in [5.74, 6) is 0.326. The van der Waals surface area contributed by atoms with Gasteiger partial charge in [0, 0.05) is 25.8 Å². The number of halogens is 1. The van der Waals surface area contributed by atoms with Crippen molar-refractivity contribution in [1.82, 2.24) is 15.0 Å². The Kier molecular flexibility index (Phi) is 17.9. The van der Waals surface area contributed by atoms with Crippen LogP contribution in [0.15, 0.2) is 45.8 Å². The molecular weight excluding hydrogens is 737 g/mol. The number of nitrogens with zero attached hydrogens (tertiary/aromatic N) is 4. The lowest BCUT2D eigenvalue weighted by molar-refractivity contribution is -0.139. The molecule has 0 N–H and O–H groups in total. The summed E-state index contributed by atoms with van der Waals surface area (Å²) in [4.78, 5) is 17.8. The van der Waals surface area contributed by atoms with Crippen molar-refractivity contribution < 1.29 is 9.53 Å². The Bertz CT molecular complexity index is 1710. The molecule has 6 nitrogen and oxygen atoms in total. The standard InChI is InChI=1S/C42H57BrN4O2S2/c1-5-9-12-14-15-17-20-32(19-16-13-10-6-2)29-47-45-40-35(22-23-36(41(40)46-47)38-25-26-39(43)51-38)37-24-21-34(50-37)27-33(28-44)42(48)49-30-31(8-4)18-11-7-3/h21-27,31-32H,5-20,29-30H2,1-4H3/b33-27+. The highest BCUT2D eigenvalue weighted by Crippen LogP contribution is 2.40. The number of hydrogen-bond donors (Lipinski definition) is 0. The van der Waals surface area contributed by atoms with Crippen LogP contribution in [0.5, 0.6) is 0 Å². The molecule has 0 amide bonds. The van der Waals surface area contributed by atoms with Gasteiger partial charge in [-0.25, -0.2) is 4.79 Å². The van der Waals surface area contributed by atoms with Crippen LogP contribution in [0.2, 0.25) is 0 Å². The van der Waals surface area contributed by atoms with Gasteiger partial charge in [0.2, 0.25) is 0 Å². The van der Waals surface area contributed by atoms with Crippen molar-refractivity contribution in [3.8, 4) is 27.0 Å². The molecule has 0 aliphatic carbocycles. The van der Waals surface area contributed by atoms with E-state index in [2.05, 4.69) is 80.0 Å². The SMILES string of the molecule is CCCCCCCCC(CCCCCC)Cn1nc2c(-c3ccc(Br)s3)ccc(-c3ccc(/C=C(\C#N)C(=O)OCC(CC)CCCC)s3)c2n1. The van der Waals surface area contributed by atoms with E-state index < -0.39 is 5.97 Å². The van der Waals surface area contributed by atoms with E-state index in [1.54, 1.807) is 28.7 Å². The van der Waals surface area contributed by atoms with Gasteiger partial charge >= 0.3 is 5.97 Å². The first-order chi connectivity index (χ1) is 24.9. The van der Waals surface area contributed by atoms with Crippen molar-refractivity contribution in [3.63, 3.8) is 0 Å². The summed E-state index contributed by atoms with van der Waals surface area (Å²) in [7, 11) is 0. The quantitative estimate of drug-likeness (QED) is 0.0305. The van der Waals surface area contributed by atoms with E-state index in [1.807, 2.05) is 10.9 Å². The fraction of sp³-hybridized carbons (Fsp3) is 0.571. The van der Waals surface area contributed by atoms with Gasteiger partial charge in [-0.3, -0.25) is 0 Å². The molecule has 0 spiro atoms. The molecule has 3 aromatic heterocycles. The van der Waals surface area contributed by atoms with Crippen LogP contribution in [0.4, 0.5) is 0 Å². The second-order valence-electron chi connectivity index (χ2n) is 13.9. The normalized spacial score (nSPS) is 13.1. The van der Waals surface area contributed by atoms with Gasteiger partial charge in [0.05, 0.1) is 16.9 Å². The number of thiophene rings is 2. The minimum atomic E-state index is -0.551. The zero-order valence-electron chi connectivity index (χ0n) is 31.2. The number of esters is 1. The number of aromatic nitrogens is 3. The molecule has 276 valence electrons. The maximum atomic E-state index is 12.9. The zero-order valence-corrected chi connectivity index (χ0v) is 34.4. The first-order valence-corrected chi connectivity index (χ1v) is 21.9. The average molecular weight is 794 g/mol. The Labute approximate surface area is 322 Å². The molecule has 9 heteroatoms. The number of benzene rings is 1. The lowest BCUT2D eigenvalue weighted by Crippen LogP contribution is -2.14. The molecular formula is C42H57BrN4O2S2. The summed E-state index contributed by atoms with van der Waals surface area (Å²) in [6.45, 7) is 10.0. The van der Waals surface area contributed by atoms with Gasteiger partial charge in [-0.05, 0) is 77.4 Å². The minimum absolute atomic E-state index is 0.0267. The molecule has 1 aromatic carbocycles. The Morgan fingerprint density at radius 2 is 1.35 bits per heavy atom. The van der Waals surface area contributed by atoms with Crippen LogP contribution < -0.4 is 0 Å². The molecule has 0 aliphatic rings. The Morgan fingerprint density at radius 1 is 0.784 bits per heavy atom. The van der Waals surface area contributed by atoms with Gasteiger partial charge in [0.1, 0.15) is 22.7 Å². The molecule has 4 rings (SSSR count). The molecule has 51 heavy (non-hydrogen) atoms. The van der Waals surface area contributed by atoms with Gasteiger partial charge in [0.25, 0.3) is 0 Å². The average Bonchev–Trinajstić information content (AvgIpc) is 3.90. The summed E-state index contributed by atoms with van der Waals surface area (Å²) >= 11 is 6.90. The van der Waals surface area contributed by atoms with Gasteiger partial charge in [0.15, 0.2) is 0 Å². The lowest BCUT2D eigenvalue weighted by Gasteiger charge is -2.16. The van der Waals surface area contributed by atoms with E-state index >= 15 is 0 Å². The van der Waals surface area contributed by atoms with Gasteiger partial charge in [-0.1, -0.05) is 123 Å². The topological polar surface area (TPSA) is 80.8 Å². The monoisotopic (exact) mass is 792 g/mol. The zero-order chi connectivity index (χ0) is 36.4. The summed E-state index contributed by atoms with van der Waals surface area (Å²) in [5, 5.41) is 20.2. The number of hydrogen-bond acceptors (Lipinski definition) is 7. The van der Waals surface area contributed by atoms with E-state index in [1.165, 1.54) is 77.0 Å². The van der Waals surface area contributed by atoms with Crippen LogP contribution in [0, 0.1) is 23.2 Å². The van der Waals surface area contributed by atoms with E-state index in [0.717, 1.165) is 72.8 Å². The number of carbonyl (C=O) groups excluding carboxylic acids is 1. The second-order valence-corrected chi connectivity index (χ2v) is 17.5. The number of ether oxygens (including phenoxy) is 1. The summed E-state index contributed by atoms with van der Waals surface area (Å²) in [6, 6.07) is 14.6. The Hall–Kier alpha value is -2.80. The van der Waals surface area contributed by atoms with Crippen LogP contribution in [-0.2, 0) is 16.1 Å². The third-order valence-corrected chi connectivity index (χ3v) is 12.5. The predicted octanol–water partition coefficient (Wildman–Crippen LogP) is 13.7. The van der Waals surface area contributed by atoms with Crippen molar-refractivity contribution >= 4 is 61.7 Å². The third-order valence-electron chi connectivity index (χ3n) is 9.79. The molecule has 0 aliphatic heterocycles. The molecule has 0 saturated carbocycles. The summed E-state index contributed by atoms with van der Waals surface area (Å²) in [5.41, 5.74) is 3.92. The van der Waals surface area contributed by atoms with Crippen LogP contribution in [0.3, 0.4) is 0 Å². The molecule has 0 saturated heterocycles. The molecule has 0 fully saturated rings. The van der Waals surface area contributed by atoms with Gasteiger partial charge in [-0.2, -0.15) is 20.3 Å². The maximum Gasteiger partial charge on any atom is 0.348 e. The maximum absolute atomic E-state index is 12.9. The summed E-state index contributed by atoms with van der Waals surface area (Å²) < 4.78 is 6.68. The largest absolute Gasteiger partial charge is 0.461 e. The highest BCUT2D eigenvalue weighted by molar-refractivity contribution is 9.11. The van der Waals surface area contributed by atoms with Crippen LogP contribution in [-0.4, -0.2) is 27.6 Å². The first-order valence-electron chi connectivity index (χ1n) is 19.4. The Balaban J connectivity index is 1.59. The molecule has 4 aromatic rings. The fourth-order valence-electron chi connectivity index (χ4n) is 6.63.